The molecule has 0 bridgehead atoms. The molecule has 1 aromatic heterocycles. The molecule has 0 aliphatic heterocycles. The molecule has 0 amide bonds. The topological polar surface area (TPSA) is 20.2 Å². The zero-order chi connectivity index (χ0) is 12.6. The van der Waals surface area contributed by atoms with Crippen molar-refractivity contribution < 1.29 is 5.11 Å². The molecule has 2 aromatic rings. The van der Waals surface area contributed by atoms with E-state index in [1.54, 1.807) is 18.2 Å². The van der Waals surface area contributed by atoms with E-state index >= 15 is 0 Å². The second kappa shape index (κ2) is 5.17. The van der Waals surface area contributed by atoms with Gasteiger partial charge in [0.05, 0.1) is 4.34 Å². The predicted molar refractivity (Wildman–Crippen MR) is 74.6 cm³/mol. The van der Waals surface area contributed by atoms with Gasteiger partial charge >= 0.3 is 0 Å². The first kappa shape index (κ1) is 13.2. The molecule has 1 aromatic carbocycles. The minimum Gasteiger partial charge on any atom is -0.384 e. The highest BCUT2D eigenvalue weighted by atomic mass is 35.5. The minimum atomic E-state index is -0.775. The monoisotopic (exact) mass is 306 g/mol. The van der Waals surface area contributed by atoms with E-state index in [-0.39, 0.29) is 0 Å². The molecular weight excluding hydrogens is 299 g/mol. The highest BCUT2D eigenvalue weighted by Gasteiger charge is 2.18. The molecule has 1 N–H and O–H groups in total. The molecule has 0 fully saturated rings. The molecule has 0 aliphatic rings. The third kappa shape index (κ3) is 2.78. The third-order valence-corrected chi connectivity index (χ3v) is 4.26. The lowest BCUT2D eigenvalue weighted by Gasteiger charge is -2.13. The number of benzene rings is 1. The van der Waals surface area contributed by atoms with Gasteiger partial charge in [0.25, 0.3) is 0 Å². The van der Waals surface area contributed by atoms with Gasteiger partial charge in [-0.05, 0) is 36.2 Å². The lowest BCUT2D eigenvalue weighted by Crippen LogP contribution is -2.01. The molecule has 1 heterocycles. The molecule has 0 aliphatic carbocycles. The summed E-state index contributed by atoms with van der Waals surface area (Å²) in [5, 5.41) is 10.9. The van der Waals surface area contributed by atoms with Crippen LogP contribution in [0.5, 0.6) is 0 Å². The lowest BCUT2D eigenvalue weighted by molar-refractivity contribution is 0.220. The van der Waals surface area contributed by atoms with Crippen molar-refractivity contribution in [3.8, 4) is 0 Å². The van der Waals surface area contributed by atoms with Crippen molar-refractivity contribution >= 4 is 46.1 Å². The summed E-state index contributed by atoms with van der Waals surface area (Å²) >= 11 is 19.0. The molecule has 0 saturated heterocycles. The number of halogens is 3. The largest absolute Gasteiger partial charge is 0.384 e. The van der Waals surface area contributed by atoms with Gasteiger partial charge in [-0.25, -0.2) is 0 Å². The maximum absolute atomic E-state index is 10.3. The van der Waals surface area contributed by atoms with Crippen molar-refractivity contribution in [1.82, 2.24) is 0 Å². The van der Waals surface area contributed by atoms with Gasteiger partial charge < -0.3 is 5.11 Å². The van der Waals surface area contributed by atoms with Crippen molar-refractivity contribution in [2.24, 2.45) is 0 Å². The van der Waals surface area contributed by atoms with Gasteiger partial charge in [-0.3, -0.25) is 0 Å². The van der Waals surface area contributed by atoms with E-state index in [9.17, 15) is 5.11 Å². The van der Waals surface area contributed by atoms with Crippen LogP contribution in [-0.4, -0.2) is 5.11 Å². The molecule has 1 unspecified atom stereocenters. The van der Waals surface area contributed by atoms with Crippen molar-refractivity contribution in [2.75, 3.05) is 0 Å². The zero-order valence-electron chi connectivity index (χ0n) is 8.88. The lowest BCUT2D eigenvalue weighted by atomic mass is 9.99. The zero-order valence-corrected chi connectivity index (χ0v) is 12.0. The number of hydrogen-bond acceptors (Lipinski definition) is 2. The third-order valence-electron chi connectivity index (χ3n) is 2.50. The maximum Gasteiger partial charge on any atom is 0.107 e. The summed E-state index contributed by atoms with van der Waals surface area (Å²) in [6.07, 6.45) is -0.775. The van der Waals surface area contributed by atoms with Gasteiger partial charge in [-0.15, -0.1) is 11.3 Å². The average molecular weight is 308 g/mol. The Labute approximate surface area is 119 Å². The van der Waals surface area contributed by atoms with Crippen LogP contribution in [0.25, 0.3) is 0 Å². The van der Waals surface area contributed by atoms with E-state index < -0.39 is 6.10 Å². The normalized spacial score (nSPS) is 12.8. The van der Waals surface area contributed by atoms with Crippen LogP contribution in [0.3, 0.4) is 0 Å². The van der Waals surface area contributed by atoms with Crippen LogP contribution in [-0.2, 0) is 0 Å². The summed E-state index contributed by atoms with van der Waals surface area (Å²) in [4.78, 5) is 0. The molecular formula is C12H9Cl3OS. The summed E-state index contributed by atoms with van der Waals surface area (Å²) in [5.41, 5.74) is 2.33. The summed E-state index contributed by atoms with van der Waals surface area (Å²) in [7, 11) is 0. The highest BCUT2D eigenvalue weighted by molar-refractivity contribution is 7.20. The van der Waals surface area contributed by atoms with Crippen LogP contribution in [0.15, 0.2) is 24.3 Å². The predicted octanol–water partition coefficient (Wildman–Crippen LogP) is 5.10. The van der Waals surface area contributed by atoms with E-state index in [4.69, 9.17) is 34.8 Å². The quantitative estimate of drug-likeness (QED) is 0.818. The van der Waals surface area contributed by atoms with Crippen molar-refractivity contribution in [2.45, 2.75) is 13.0 Å². The van der Waals surface area contributed by atoms with E-state index in [1.807, 2.05) is 13.0 Å². The second-order valence-electron chi connectivity index (χ2n) is 3.68. The second-order valence-corrected chi connectivity index (χ2v) is 6.41. The van der Waals surface area contributed by atoms with E-state index in [0.717, 1.165) is 11.1 Å². The highest BCUT2D eigenvalue weighted by Crippen LogP contribution is 2.38. The Hall–Kier alpha value is -0.250. The van der Waals surface area contributed by atoms with Crippen LogP contribution in [0.4, 0.5) is 0 Å². The fourth-order valence-corrected chi connectivity index (χ4v) is 3.40. The fourth-order valence-electron chi connectivity index (χ4n) is 1.65. The molecule has 5 heteroatoms. The molecule has 2 rings (SSSR count). The van der Waals surface area contributed by atoms with Crippen LogP contribution in [0.1, 0.15) is 22.8 Å². The Kier molecular flexibility index (Phi) is 4.01. The van der Waals surface area contributed by atoms with Gasteiger partial charge in [-0.1, -0.05) is 40.9 Å². The minimum absolute atomic E-state index is 0.511. The maximum atomic E-state index is 10.3. The standard InChI is InChI=1S/C12H9Cl3OS/c1-6-4-7(13)2-3-8(6)11(16)9-5-10(14)17-12(9)15/h2-5,11,16H,1H3. The van der Waals surface area contributed by atoms with Crippen LogP contribution in [0.2, 0.25) is 13.7 Å². The number of hydrogen-bond donors (Lipinski definition) is 1. The molecule has 90 valence electrons. The van der Waals surface area contributed by atoms with Crippen molar-refractivity contribution in [1.29, 1.82) is 0 Å². The van der Waals surface area contributed by atoms with Gasteiger partial charge in [0.15, 0.2) is 0 Å². The van der Waals surface area contributed by atoms with Crippen molar-refractivity contribution in [3.05, 3.63) is 54.7 Å². The van der Waals surface area contributed by atoms with E-state index in [2.05, 4.69) is 0 Å². The molecule has 0 radical (unpaired) electrons. The van der Waals surface area contributed by atoms with Gasteiger partial charge in [0.2, 0.25) is 0 Å². The van der Waals surface area contributed by atoms with Crippen LogP contribution < -0.4 is 0 Å². The van der Waals surface area contributed by atoms with Gasteiger partial charge in [-0.2, -0.15) is 0 Å². The number of aliphatic hydroxyl groups is 1. The Morgan fingerprint density at radius 3 is 2.35 bits per heavy atom. The number of thiophene rings is 1. The van der Waals surface area contributed by atoms with E-state index in [0.29, 0.717) is 19.3 Å². The number of aryl methyl sites for hydroxylation is 1. The first-order chi connectivity index (χ1) is 7.99. The summed E-state index contributed by atoms with van der Waals surface area (Å²) in [6, 6.07) is 7.04. The Bertz CT molecular complexity index is 551. The molecule has 0 saturated carbocycles. The first-order valence-corrected chi connectivity index (χ1v) is 6.83. The molecule has 0 spiro atoms. The molecule has 17 heavy (non-hydrogen) atoms. The molecule has 1 atom stereocenters. The Morgan fingerprint density at radius 2 is 1.82 bits per heavy atom. The van der Waals surface area contributed by atoms with Crippen LogP contribution in [0, 0.1) is 6.92 Å². The SMILES string of the molecule is Cc1cc(Cl)ccc1C(O)c1cc(Cl)sc1Cl. The smallest absolute Gasteiger partial charge is 0.107 e. The van der Waals surface area contributed by atoms with Crippen LogP contribution >= 0.6 is 46.1 Å². The summed E-state index contributed by atoms with van der Waals surface area (Å²) < 4.78 is 1.08. The van der Waals surface area contributed by atoms with Gasteiger partial charge in [0, 0.05) is 10.6 Å². The number of rotatable bonds is 2. The first-order valence-electron chi connectivity index (χ1n) is 4.88. The Balaban J connectivity index is 2.43. The van der Waals surface area contributed by atoms with E-state index in [1.165, 1.54) is 11.3 Å². The summed E-state index contributed by atoms with van der Waals surface area (Å²) in [5.74, 6) is 0. The van der Waals surface area contributed by atoms with Crippen molar-refractivity contribution in [3.63, 3.8) is 0 Å². The summed E-state index contributed by atoms with van der Waals surface area (Å²) in [6.45, 7) is 1.90. The Morgan fingerprint density at radius 1 is 1.12 bits per heavy atom. The fraction of sp³-hybridized carbons (Fsp3) is 0.167. The van der Waals surface area contributed by atoms with Gasteiger partial charge in [0.1, 0.15) is 10.4 Å². The average Bonchev–Trinajstić information content (AvgIpc) is 2.57. The number of aliphatic hydroxyl groups excluding tert-OH is 1. The molecule has 1 nitrogen and oxygen atoms in total.